The molecule has 3 aromatic rings. The maximum absolute atomic E-state index is 13.2. The van der Waals surface area contributed by atoms with E-state index in [1.165, 1.54) is 11.8 Å². The van der Waals surface area contributed by atoms with Gasteiger partial charge >= 0.3 is 0 Å². The molecule has 0 N–H and O–H groups in total. The average molecular weight is 584 g/mol. The van der Waals surface area contributed by atoms with Crippen molar-refractivity contribution < 1.29 is 9.47 Å². The number of hydrogen-bond acceptors (Lipinski definition) is 5. The number of hydrogen-bond donors (Lipinski definition) is 0. The van der Waals surface area contributed by atoms with Gasteiger partial charge in [-0.1, -0.05) is 53.5 Å². The minimum Gasteiger partial charge on any atom is -0.493 e. The Kier molecular flexibility index (Phi) is 8.51. The normalized spacial score (nSPS) is 11.3. The number of methoxy groups -OCH3 is 1. The van der Waals surface area contributed by atoms with Crippen LogP contribution in [-0.4, -0.2) is 29.6 Å². The van der Waals surface area contributed by atoms with Crippen molar-refractivity contribution >= 4 is 60.6 Å². The first-order valence-electron chi connectivity index (χ1n) is 9.96. The predicted molar refractivity (Wildman–Crippen MR) is 137 cm³/mol. The van der Waals surface area contributed by atoms with Crippen LogP contribution in [0.2, 0.25) is 5.02 Å². The lowest BCUT2D eigenvalue weighted by molar-refractivity contribution is 0.326. The van der Waals surface area contributed by atoms with Crippen molar-refractivity contribution in [2.24, 2.45) is 5.10 Å². The van der Waals surface area contributed by atoms with Crippen LogP contribution in [0.4, 0.5) is 0 Å². The molecule has 1 aromatic heterocycles. The molecule has 1 heterocycles. The number of benzene rings is 2. The summed E-state index contributed by atoms with van der Waals surface area (Å²) in [6.07, 6.45) is 5.67. The molecule has 0 amide bonds. The second-order valence-electron chi connectivity index (χ2n) is 6.88. The molecule has 0 saturated carbocycles. The van der Waals surface area contributed by atoms with Crippen molar-refractivity contribution in [1.29, 1.82) is 0 Å². The average Bonchev–Trinajstić information content (AvgIpc) is 2.79. The fourth-order valence-corrected chi connectivity index (χ4v) is 4.07. The van der Waals surface area contributed by atoms with Crippen molar-refractivity contribution in [2.75, 3.05) is 13.7 Å². The first kappa shape index (κ1) is 24.5. The first-order valence-corrected chi connectivity index (χ1v) is 11.9. The number of ether oxygens (including phenoxy) is 2. The van der Waals surface area contributed by atoms with Crippen LogP contribution in [0, 0.1) is 0 Å². The molecule has 0 spiro atoms. The van der Waals surface area contributed by atoms with Crippen molar-refractivity contribution in [3.05, 3.63) is 72.6 Å². The van der Waals surface area contributed by atoms with Gasteiger partial charge in [-0.25, -0.2) is 4.98 Å². The largest absolute Gasteiger partial charge is 0.493 e. The lowest BCUT2D eigenvalue weighted by atomic mass is 10.2. The van der Waals surface area contributed by atoms with Gasteiger partial charge in [0.25, 0.3) is 5.56 Å². The fourth-order valence-electron chi connectivity index (χ4n) is 3.06. The van der Waals surface area contributed by atoms with Crippen LogP contribution < -0.4 is 15.0 Å². The number of nitrogens with zero attached hydrogens (tertiary/aromatic N) is 3. The lowest BCUT2D eigenvalue weighted by Gasteiger charge is -2.14. The Labute approximate surface area is 208 Å². The van der Waals surface area contributed by atoms with Crippen LogP contribution in [0.25, 0.3) is 10.9 Å². The number of aromatic nitrogens is 2. The number of rotatable bonds is 9. The van der Waals surface area contributed by atoms with Crippen molar-refractivity contribution in [3.63, 3.8) is 0 Å². The number of halogens is 3. The summed E-state index contributed by atoms with van der Waals surface area (Å²) >= 11 is 13.4. The highest BCUT2D eigenvalue weighted by Gasteiger charge is 2.17. The van der Waals surface area contributed by atoms with Gasteiger partial charge in [0.1, 0.15) is 17.5 Å². The summed E-state index contributed by atoms with van der Waals surface area (Å²) in [7, 11) is 1.53. The van der Waals surface area contributed by atoms with E-state index in [0.717, 1.165) is 17.3 Å². The van der Waals surface area contributed by atoms with E-state index in [-0.39, 0.29) is 12.2 Å². The monoisotopic (exact) mass is 581 g/mol. The molecule has 0 fully saturated rings. The zero-order valence-electron chi connectivity index (χ0n) is 17.7. The van der Waals surface area contributed by atoms with E-state index in [2.05, 4.69) is 55.4 Å². The molecule has 9 heteroatoms. The summed E-state index contributed by atoms with van der Waals surface area (Å²) in [6.45, 7) is 6.02. The van der Waals surface area contributed by atoms with E-state index in [9.17, 15) is 4.79 Å². The molecule has 0 aliphatic heterocycles. The van der Waals surface area contributed by atoms with Gasteiger partial charge in [-0.05, 0) is 46.6 Å². The van der Waals surface area contributed by atoms with E-state index < -0.39 is 0 Å². The van der Waals surface area contributed by atoms with Crippen molar-refractivity contribution in [1.82, 2.24) is 9.66 Å². The van der Waals surface area contributed by atoms with E-state index in [1.807, 2.05) is 12.1 Å². The van der Waals surface area contributed by atoms with Crippen LogP contribution >= 0.6 is 43.5 Å². The van der Waals surface area contributed by atoms with Crippen LogP contribution in [0.15, 0.2) is 55.8 Å². The molecule has 32 heavy (non-hydrogen) atoms. The summed E-state index contributed by atoms with van der Waals surface area (Å²) in [5, 5.41) is 5.30. The highest BCUT2D eigenvalue weighted by molar-refractivity contribution is 9.10. The topological polar surface area (TPSA) is 65.7 Å². The minimum atomic E-state index is -0.237. The fraction of sp³-hybridized carbons (Fsp3) is 0.261. The Morgan fingerprint density at radius 3 is 2.78 bits per heavy atom. The SMILES string of the molecule is C=CCOc1c(OC)cc(C=Nn2c(CCCC)nc3ccc(Br)cc3c2=O)c(Br)c1Cl. The van der Waals surface area contributed by atoms with Gasteiger partial charge in [0, 0.05) is 20.9 Å². The molecule has 0 atom stereocenters. The highest BCUT2D eigenvalue weighted by Crippen LogP contribution is 2.42. The lowest BCUT2D eigenvalue weighted by Crippen LogP contribution is -2.22. The van der Waals surface area contributed by atoms with Crippen molar-refractivity contribution in [3.8, 4) is 11.5 Å². The quantitative estimate of drug-likeness (QED) is 0.217. The van der Waals surface area contributed by atoms with Crippen LogP contribution in [-0.2, 0) is 6.42 Å². The molecular formula is C23H22Br2ClN3O3. The van der Waals surface area contributed by atoms with E-state index in [1.54, 1.807) is 24.4 Å². The second-order valence-corrected chi connectivity index (χ2v) is 8.97. The number of unbranched alkanes of at least 4 members (excludes halogenated alkanes) is 1. The van der Waals surface area contributed by atoms with Gasteiger partial charge in [0.05, 0.1) is 24.2 Å². The molecule has 3 rings (SSSR count). The van der Waals surface area contributed by atoms with E-state index in [0.29, 0.717) is 49.7 Å². The van der Waals surface area contributed by atoms with Crippen LogP contribution in [0.1, 0.15) is 31.2 Å². The van der Waals surface area contributed by atoms with Gasteiger partial charge in [-0.3, -0.25) is 4.79 Å². The van der Waals surface area contributed by atoms with Gasteiger partial charge in [0.15, 0.2) is 11.5 Å². The predicted octanol–water partition coefficient (Wildman–Crippen LogP) is 6.37. The third kappa shape index (κ3) is 5.24. The highest BCUT2D eigenvalue weighted by atomic mass is 79.9. The maximum Gasteiger partial charge on any atom is 0.282 e. The molecule has 0 aliphatic carbocycles. The molecular weight excluding hydrogens is 562 g/mol. The Morgan fingerprint density at radius 2 is 2.09 bits per heavy atom. The number of fused-ring (bicyclic) bond motifs is 1. The number of aryl methyl sites for hydroxylation is 1. The van der Waals surface area contributed by atoms with Crippen molar-refractivity contribution in [2.45, 2.75) is 26.2 Å². The molecule has 0 aliphatic rings. The third-order valence-electron chi connectivity index (χ3n) is 4.66. The molecule has 0 bridgehead atoms. The Balaban J connectivity index is 2.13. The van der Waals surface area contributed by atoms with Gasteiger partial charge < -0.3 is 9.47 Å². The Bertz CT molecular complexity index is 1240. The van der Waals surface area contributed by atoms with E-state index in [4.69, 9.17) is 21.1 Å². The summed E-state index contributed by atoms with van der Waals surface area (Å²) in [4.78, 5) is 17.9. The third-order valence-corrected chi connectivity index (χ3v) is 6.60. The van der Waals surface area contributed by atoms with Gasteiger partial charge in [0.2, 0.25) is 0 Å². The molecule has 6 nitrogen and oxygen atoms in total. The summed E-state index contributed by atoms with van der Waals surface area (Å²) in [5.74, 6) is 1.44. The second kappa shape index (κ2) is 11.1. The van der Waals surface area contributed by atoms with Crippen LogP contribution in [0.5, 0.6) is 11.5 Å². The zero-order valence-corrected chi connectivity index (χ0v) is 21.6. The zero-order chi connectivity index (χ0) is 23.3. The van der Waals surface area contributed by atoms with Gasteiger partial charge in [-0.15, -0.1) is 0 Å². The Morgan fingerprint density at radius 1 is 1.31 bits per heavy atom. The standard InChI is InChI=1S/C23H22Br2ClN3O3/c1-4-6-7-19-28-17-9-8-15(24)12-16(17)23(30)29(19)27-13-14-11-18(31-3)22(32-10-5-2)21(26)20(14)25/h5,8-9,11-13H,2,4,6-7,10H2,1,3H3. The molecule has 168 valence electrons. The molecule has 2 aromatic carbocycles. The first-order chi connectivity index (χ1) is 15.4. The summed E-state index contributed by atoms with van der Waals surface area (Å²) < 4.78 is 13.8. The van der Waals surface area contributed by atoms with Gasteiger partial charge in [-0.2, -0.15) is 9.78 Å². The molecule has 0 radical (unpaired) electrons. The molecule has 0 unspecified atom stereocenters. The van der Waals surface area contributed by atoms with E-state index >= 15 is 0 Å². The summed E-state index contributed by atoms with van der Waals surface area (Å²) in [6, 6.07) is 7.18. The smallest absolute Gasteiger partial charge is 0.282 e. The summed E-state index contributed by atoms with van der Waals surface area (Å²) in [5.41, 5.74) is 1.03. The maximum atomic E-state index is 13.2. The minimum absolute atomic E-state index is 0.237. The Hall–Kier alpha value is -2.16. The molecule has 0 saturated heterocycles. The van der Waals surface area contributed by atoms with Crippen LogP contribution in [0.3, 0.4) is 0 Å².